The van der Waals surface area contributed by atoms with E-state index in [1.54, 1.807) is 19.3 Å². The van der Waals surface area contributed by atoms with Gasteiger partial charge in [0.05, 0.1) is 12.7 Å². The summed E-state index contributed by atoms with van der Waals surface area (Å²) in [6.07, 6.45) is 7.50. The molecule has 0 aromatic heterocycles. The van der Waals surface area contributed by atoms with E-state index in [9.17, 15) is 4.79 Å². The Hall–Kier alpha value is -0.974. The van der Waals surface area contributed by atoms with Crippen molar-refractivity contribution >= 4 is 14.6 Å². The molecule has 6 nitrogen and oxygen atoms in total. The van der Waals surface area contributed by atoms with Crippen LogP contribution in [0.25, 0.3) is 0 Å². The second kappa shape index (κ2) is 23.0. The van der Waals surface area contributed by atoms with Gasteiger partial charge in [-0.15, -0.1) is 0 Å². The van der Waals surface area contributed by atoms with Gasteiger partial charge in [-0.3, -0.25) is 4.79 Å². The molecule has 0 radical (unpaired) electrons. The molecular weight excluding hydrogens is 384 g/mol. The van der Waals surface area contributed by atoms with Crippen LogP contribution >= 0.6 is 0 Å². The number of ether oxygens (including phenoxy) is 1. The van der Waals surface area contributed by atoms with Crippen LogP contribution in [0.15, 0.2) is 24.3 Å². The minimum atomic E-state index is -1.73. The Kier molecular flexibility index (Phi) is 32.4. The molecule has 8 heteroatoms. The molecule has 25 heavy (non-hydrogen) atoms. The summed E-state index contributed by atoms with van der Waals surface area (Å²) in [6.45, 7) is 25.1. The minimum absolute atomic E-state index is 0. The molecule has 0 amide bonds. The zero-order valence-electron chi connectivity index (χ0n) is 15.5. The topological polar surface area (TPSA) is 95.2 Å². The molecule has 0 rings (SSSR count). The molecule has 0 saturated carbocycles. The Morgan fingerprint density at radius 3 is 1.76 bits per heavy atom. The summed E-state index contributed by atoms with van der Waals surface area (Å²) < 4.78 is 33.9. The molecule has 142 valence electrons. The number of allylic oxidation sites excluding steroid dienone is 3. The van der Waals surface area contributed by atoms with Crippen LogP contribution in [0.3, 0.4) is 0 Å². The van der Waals surface area contributed by atoms with Gasteiger partial charge in [0.2, 0.25) is 0 Å². The molecule has 0 saturated heterocycles. The van der Waals surface area contributed by atoms with Crippen LogP contribution in [-0.2, 0) is 45.0 Å². The van der Waals surface area contributed by atoms with E-state index in [4.69, 9.17) is 23.1 Å². The molecule has 0 aliphatic rings. The molecule has 0 N–H and O–H groups in total. The molecule has 0 fully saturated rings. The second-order valence-corrected chi connectivity index (χ2v) is 10.6. The largest absolute Gasteiger partial charge is 0 e. The molecule has 0 aliphatic carbocycles. The van der Waals surface area contributed by atoms with E-state index in [1.165, 1.54) is 6.08 Å². The van der Waals surface area contributed by atoms with Gasteiger partial charge in [-0.25, -0.2) is 0 Å². The number of methoxy groups -OCH3 is 1. The van der Waals surface area contributed by atoms with E-state index in [0.29, 0.717) is 6.61 Å². The first-order valence-electron chi connectivity index (χ1n) is 6.81. The molecule has 0 aromatic rings. The van der Waals surface area contributed by atoms with Gasteiger partial charge in [0, 0.05) is 24.2 Å². The molecule has 0 aliphatic heterocycles. The van der Waals surface area contributed by atoms with Crippen molar-refractivity contribution in [3.05, 3.63) is 44.3 Å². The van der Waals surface area contributed by atoms with E-state index in [2.05, 4.69) is 53.8 Å². The van der Waals surface area contributed by atoms with Gasteiger partial charge in [-0.1, -0.05) is 39.0 Å². The SMILES string of the molecule is CO[C@@H](/C=C/C=C/C=O)CO[Si](C)(C)C(C)(C)C.[C-]#[O+].[C-]#[O+].[C-]#[O+].[Fe]. The normalized spacial score (nSPS) is 11.4. The summed E-state index contributed by atoms with van der Waals surface area (Å²) in [5, 5.41) is 0.201. The fourth-order valence-electron chi connectivity index (χ4n) is 1.01. The van der Waals surface area contributed by atoms with Crippen molar-refractivity contribution < 1.29 is 45.0 Å². The van der Waals surface area contributed by atoms with Gasteiger partial charge in [0.1, 0.15) is 6.29 Å². The van der Waals surface area contributed by atoms with Gasteiger partial charge in [-0.05, 0) is 24.2 Å². The van der Waals surface area contributed by atoms with Crippen molar-refractivity contribution in [2.24, 2.45) is 0 Å². The smallest absolute Gasteiger partial charge is 0 e. The summed E-state index contributed by atoms with van der Waals surface area (Å²) in [6, 6.07) is 0. The summed E-state index contributed by atoms with van der Waals surface area (Å²) >= 11 is 0. The molecule has 0 unspecified atom stereocenters. The maximum absolute atomic E-state index is 10.1. The Bertz CT molecular complexity index is 405. The average Bonchev–Trinajstić information content (AvgIpc) is 2.58. The first-order chi connectivity index (χ1) is 11.2. The van der Waals surface area contributed by atoms with Crippen molar-refractivity contribution in [3.8, 4) is 0 Å². The predicted molar refractivity (Wildman–Crippen MR) is 90.1 cm³/mol. The third-order valence-corrected chi connectivity index (χ3v) is 7.84. The van der Waals surface area contributed by atoms with E-state index in [1.807, 2.05) is 6.08 Å². The van der Waals surface area contributed by atoms with Gasteiger partial charge in [0.25, 0.3) is 0 Å². The minimum Gasteiger partial charge on any atom is 0 e. The van der Waals surface area contributed by atoms with E-state index in [0.717, 1.165) is 6.29 Å². The standard InChI is InChI=1S/C14H26O3Si.3CO.Fe/c1-14(2,3)18(5,6)17-12-13(16-4)10-8-7-9-11-15;3*1-2;/h7-11,13H,12H2,1-6H3;;;;/b9-7+,10-8+;;;;/t13-;;;;/m0..../s1. The van der Waals surface area contributed by atoms with Crippen LogP contribution in [-0.4, -0.2) is 34.4 Å². The van der Waals surface area contributed by atoms with Crippen LogP contribution in [0.4, 0.5) is 0 Å². The first kappa shape index (κ1) is 35.2. The average molecular weight is 410 g/mol. The Morgan fingerprint density at radius 1 is 1.00 bits per heavy atom. The van der Waals surface area contributed by atoms with Gasteiger partial charge in [-0.2, -0.15) is 0 Å². The molecular formula is C17H26FeO6Si. The van der Waals surface area contributed by atoms with Crippen molar-refractivity contribution in [1.82, 2.24) is 0 Å². The van der Waals surface area contributed by atoms with E-state index in [-0.39, 0.29) is 28.2 Å². The Morgan fingerprint density at radius 2 is 1.44 bits per heavy atom. The third kappa shape index (κ3) is 21.0. The number of hydrogen-bond acceptors (Lipinski definition) is 3. The first-order valence-corrected chi connectivity index (χ1v) is 9.72. The molecule has 0 heterocycles. The van der Waals surface area contributed by atoms with Crippen LogP contribution in [0.1, 0.15) is 20.8 Å². The second-order valence-electron chi connectivity index (χ2n) is 5.75. The zero-order valence-corrected chi connectivity index (χ0v) is 17.6. The van der Waals surface area contributed by atoms with Crippen molar-refractivity contribution in [2.45, 2.75) is 45.0 Å². The monoisotopic (exact) mass is 410 g/mol. The van der Waals surface area contributed by atoms with Crippen LogP contribution in [0.5, 0.6) is 0 Å². The maximum atomic E-state index is 10.1. The van der Waals surface area contributed by atoms with Gasteiger partial charge >= 0.3 is 33.9 Å². The van der Waals surface area contributed by atoms with Crippen LogP contribution in [0.2, 0.25) is 18.1 Å². The van der Waals surface area contributed by atoms with Crippen LogP contribution in [0, 0.1) is 20.0 Å². The Balaban J connectivity index is -0.000000171. The van der Waals surface area contributed by atoms with E-state index >= 15 is 0 Å². The van der Waals surface area contributed by atoms with Crippen molar-refractivity contribution in [1.29, 1.82) is 0 Å². The summed E-state index contributed by atoms with van der Waals surface area (Å²) in [5.74, 6) is 0. The van der Waals surface area contributed by atoms with Crippen molar-refractivity contribution in [2.75, 3.05) is 13.7 Å². The third-order valence-electron chi connectivity index (χ3n) is 3.34. The maximum Gasteiger partial charge on any atom is 0 e. The fraction of sp³-hybridized carbons (Fsp3) is 0.529. The molecule has 1 atom stereocenters. The van der Waals surface area contributed by atoms with Gasteiger partial charge in [0.15, 0.2) is 8.32 Å². The number of hydrogen-bond donors (Lipinski definition) is 0. The Labute approximate surface area is 162 Å². The van der Waals surface area contributed by atoms with Crippen molar-refractivity contribution in [3.63, 3.8) is 0 Å². The molecule has 0 spiro atoms. The van der Waals surface area contributed by atoms with E-state index < -0.39 is 8.32 Å². The number of carbonyl (C=O) groups is 1. The van der Waals surface area contributed by atoms with Crippen LogP contribution < -0.4 is 0 Å². The quantitative estimate of drug-likeness (QED) is 0.161. The molecule has 0 bridgehead atoms. The molecule has 0 aromatic carbocycles. The zero-order chi connectivity index (χ0) is 20.2. The summed E-state index contributed by atoms with van der Waals surface area (Å²) in [4.78, 5) is 10.1. The number of aldehydes is 1. The van der Waals surface area contributed by atoms with Gasteiger partial charge < -0.3 is 9.16 Å². The number of rotatable bonds is 7. The fourth-order valence-corrected chi connectivity index (χ4v) is 2.02. The summed E-state index contributed by atoms with van der Waals surface area (Å²) in [5.41, 5.74) is 0. The number of carbonyl (C=O) groups excluding carboxylic acids is 1. The summed E-state index contributed by atoms with van der Waals surface area (Å²) in [7, 11) is -0.0663. The predicted octanol–water partition coefficient (Wildman–Crippen LogP) is 3.22.